The summed E-state index contributed by atoms with van der Waals surface area (Å²) in [6, 6.07) is -0.322. The molecule has 1 unspecified atom stereocenters. The van der Waals surface area contributed by atoms with Gasteiger partial charge in [-0.05, 0) is 30.6 Å². The van der Waals surface area contributed by atoms with Crippen LogP contribution in [0.5, 0.6) is 0 Å². The number of carbonyl (C=O) groups is 3. The quantitative estimate of drug-likeness (QED) is 0.156. The number of nitrogens with one attached hydrogen (secondary N) is 3. The van der Waals surface area contributed by atoms with Crippen molar-refractivity contribution in [3.05, 3.63) is 12.7 Å². The van der Waals surface area contributed by atoms with Gasteiger partial charge in [0.25, 0.3) is 0 Å². The molecule has 0 aliphatic rings. The Hall–Kier alpha value is -2.13. The van der Waals surface area contributed by atoms with Crippen molar-refractivity contribution in [2.45, 2.75) is 60.8 Å². The molecule has 9 nitrogen and oxygen atoms in total. The predicted molar refractivity (Wildman–Crippen MR) is 133 cm³/mol. The fourth-order valence-corrected chi connectivity index (χ4v) is 3.36. The van der Waals surface area contributed by atoms with E-state index in [1.807, 2.05) is 0 Å². The first kappa shape index (κ1) is 31.9. The SMILES string of the molecule is C=CC(=O)OCCNC(=O)NCCCOCCOCCCNC(=O)C(C)(CC(C)(C)C)C(C)C. The Morgan fingerprint density at radius 2 is 1.35 bits per heavy atom. The summed E-state index contributed by atoms with van der Waals surface area (Å²) in [5.74, 6) is -0.145. The summed E-state index contributed by atoms with van der Waals surface area (Å²) in [6.07, 6.45) is 3.34. The van der Waals surface area contributed by atoms with Gasteiger partial charge in [0.15, 0.2) is 0 Å². The van der Waals surface area contributed by atoms with E-state index < -0.39 is 5.97 Å². The van der Waals surface area contributed by atoms with Crippen molar-refractivity contribution < 1.29 is 28.6 Å². The zero-order valence-electron chi connectivity index (χ0n) is 22.1. The molecule has 1 atom stereocenters. The molecule has 0 rings (SSSR count). The van der Waals surface area contributed by atoms with Gasteiger partial charge in [0.1, 0.15) is 6.61 Å². The smallest absolute Gasteiger partial charge is 0.330 e. The van der Waals surface area contributed by atoms with Gasteiger partial charge in [-0.15, -0.1) is 0 Å². The van der Waals surface area contributed by atoms with Gasteiger partial charge < -0.3 is 30.2 Å². The van der Waals surface area contributed by atoms with Crippen LogP contribution in [0.4, 0.5) is 4.79 Å². The maximum atomic E-state index is 12.8. The minimum absolute atomic E-state index is 0.0886. The molecule has 0 aromatic heterocycles. The van der Waals surface area contributed by atoms with Crippen molar-refractivity contribution >= 4 is 17.9 Å². The first-order chi connectivity index (χ1) is 15.9. The highest BCUT2D eigenvalue weighted by Crippen LogP contribution is 2.39. The molecule has 0 aromatic rings. The lowest BCUT2D eigenvalue weighted by Gasteiger charge is -2.37. The van der Waals surface area contributed by atoms with E-state index in [0.717, 1.165) is 18.9 Å². The van der Waals surface area contributed by atoms with E-state index >= 15 is 0 Å². The summed E-state index contributed by atoms with van der Waals surface area (Å²) in [7, 11) is 0. The van der Waals surface area contributed by atoms with Crippen LogP contribution in [-0.2, 0) is 23.8 Å². The fraction of sp³-hybridized carbons (Fsp3) is 0.800. The van der Waals surface area contributed by atoms with E-state index in [9.17, 15) is 14.4 Å². The molecule has 0 bridgehead atoms. The van der Waals surface area contributed by atoms with Gasteiger partial charge in [0.05, 0.1) is 19.8 Å². The van der Waals surface area contributed by atoms with Gasteiger partial charge >= 0.3 is 12.0 Å². The topological polar surface area (TPSA) is 115 Å². The standard InChI is InChI=1S/C25H47N3O6/c1-8-21(29)34-16-13-28-23(31)27-12-10-15-33-18-17-32-14-9-11-26-22(30)25(7,20(2)3)19-24(4,5)6/h8,20H,1,9-19H2,2-7H3,(H,26,30)(H2,27,28,31). The Morgan fingerprint density at radius 3 is 1.85 bits per heavy atom. The Morgan fingerprint density at radius 1 is 0.824 bits per heavy atom. The van der Waals surface area contributed by atoms with Gasteiger partial charge in [0, 0.05) is 37.8 Å². The van der Waals surface area contributed by atoms with E-state index in [0.29, 0.717) is 45.9 Å². The number of hydrogen-bond donors (Lipinski definition) is 3. The molecule has 3 amide bonds. The summed E-state index contributed by atoms with van der Waals surface area (Å²) in [4.78, 5) is 35.2. The maximum Gasteiger partial charge on any atom is 0.330 e. The minimum Gasteiger partial charge on any atom is -0.461 e. The monoisotopic (exact) mass is 485 g/mol. The number of amides is 3. The lowest BCUT2D eigenvalue weighted by Crippen LogP contribution is -2.45. The van der Waals surface area contributed by atoms with E-state index in [-0.39, 0.29) is 41.8 Å². The third kappa shape index (κ3) is 15.7. The van der Waals surface area contributed by atoms with Crippen LogP contribution >= 0.6 is 0 Å². The summed E-state index contributed by atoms with van der Waals surface area (Å²) < 4.78 is 15.8. The van der Waals surface area contributed by atoms with Crippen LogP contribution in [0.2, 0.25) is 0 Å². The summed E-state index contributed by atoms with van der Waals surface area (Å²) in [5.41, 5.74) is -0.298. The van der Waals surface area contributed by atoms with Gasteiger partial charge in [-0.3, -0.25) is 4.79 Å². The number of carbonyl (C=O) groups excluding carboxylic acids is 3. The van der Waals surface area contributed by atoms with E-state index in [1.54, 1.807) is 0 Å². The summed E-state index contributed by atoms with van der Waals surface area (Å²) in [6.45, 7) is 19.5. The predicted octanol–water partition coefficient (Wildman–Crippen LogP) is 3.04. The second kappa shape index (κ2) is 17.3. The normalized spacial score (nSPS) is 13.1. The van der Waals surface area contributed by atoms with Crippen LogP contribution < -0.4 is 16.0 Å². The average molecular weight is 486 g/mol. The lowest BCUT2D eigenvalue weighted by molar-refractivity contribution is -0.137. The molecule has 0 saturated heterocycles. The molecule has 0 aromatic carbocycles. The molecule has 0 aliphatic heterocycles. The molecule has 0 heterocycles. The van der Waals surface area contributed by atoms with Crippen LogP contribution in [0.25, 0.3) is 0 Å². The van der Waals surface area contributed by atoms with E-state index in [4.69, 9.17) is 14.2 Å². The first-order valence-corrected chi connectivity index (χ1v) is 12.2. The molecule has 0 radical (unpaired) electrons. The van der Waals surface area contributed by atoms with Crippen LogP contribution in [0.1, 0.15) is 60.8 Å². The van der Waals surface area contributed by atoms with Crippen LogP contribution in [-0.4, -0.2) is 70.6 Å². The second-order valence-electron chi connectivity index (χ2n) is 10.1. The molecule has 34 heavy (non-hydrogen) atoms. The molecule has 0 aliphatic carbocycles. The molecule has 3 N–H and O–H groups in total. The Balaban J connectivity index is 3.67. The number of esters is 1. The van der Waals surface area contributed by atoms with E-state index in [2.05, 4.69) is 64.1 Å². The second-order valence-corrected chi connectivity index (χ2v) is 10.1. The summed E-state index contributed by atoms with van der Waals surface area (Å²) in [5, 5.41) is 8.34. The largest absolute Gasteiger partial charge is 0.461 e. The van der Waals surface area contributed by atoms with Crippen LogP contribution in [0.15, 0.2) is 12.7 Å². The highest BCUT2D eigenvalue weighted by Gasteiger charge is 2.39. The highest BCUT2D eigenvalue weighted by atomic mass is 16.5. The third-order valence-corrected chi connectivity index (χ3v) is 5.36. The molecule has 0 saturated carbocycles. The molecule has 0 fully saturated rings. The molecule has 9 heteroatoms. The molecule has 0 spiro atoms. The molecule has 198 valence electrons. The Labute approximate surface area is 205 Å². The Bertz CT molecular complexity index is 618. The number of rotatable bonds is 18. The number of hydrogen-bond acceptors (Lipinski definition) is 6. The summed E-state index contributed by atoms with van der Waals surface area (Å²) >= 11 is 0. The van der Waals surface area contributed by atoms with Gasteiger partial charge in [-0.2, -0.15) is 0 Å². The third-order valence-electron chi connectivity index (χ3n) is 5.36. The van der Waals surface area contributed by atoms with Gasteiger partial charge in [0.2, 0.25) is 5.91 Å². The fourth-order valence-electron chi connectivity index (χ4n) is 3.36. The average Bonchev–Trinajstić information content (AvgIpc) is 2.75. The molecular formula is C25H47N3O6. The van der Waals surface area contributed by atoms with Crippen molar-refractivity contribution in [3.8, 4) is 0 Å². The minimum atomic E-state index is -0.518. The molecular weight excluding hydrogens is 438 g/mol. The van der Waals surface area contributed by atoms with Crippen molar-refractivity contribution in [2.24, 2.45) is 16.7 Å². The van der Waals surface area contributed by atoms with Crippen LogP contribution in [0.3, 0.4) is 0 Å². The first-order valence-electron chi connectivity index (χ1n) is 12.2. The lowest BCUT2D eigenvalue weighted by atomic mass is 9.68. The van der Waals surface area contributed by atoms with E-state index in [1.165, 1.54) is 0 Å². The van der Waals surface area contributed by atoms with Crippen molar-refractivity contribution in [1.82, 2.24) is 16.0 Å². The highest BCUT2D eigenvalue weighted by molar-refractivity contribution is 5.82. The van der Waals surface area contributed by atoms with Crippen LogP contribution in [0, 0.1) is 16.7 Å². The van der Waals surface area contributed by atoms with Crippen molar-refractivity contribution in [1.29, 1.82) is 0 Å². The number of ether oxygens (including phenoxy) is 3. The Kier molecular flexibility index (Phi) is 16.2. The van der Waals surface area contributed by atoms with Crippen molar-refractivity contribution in [3.63, 3.8) is 0 Å². The maximum absolute atomic E-state index is 12.8. The zero-order chi connectivity index (χ0) is 26.0. The van der Waals surface area contributed by atoms with Gasteiger partial charge in [-0.25, -0.2) is 9.59 Å². The van der Waals surface area contributed by atoms with Gasteiger partial charge in [-0.1, -0.05) is 48.1 Å². The number of urea groups is 1. The van der Waals surface area contributed by atoms with Crippen molar-refractivity contribution in [2.75, 3.05) is 52.7 Å². The zero-order valence-corrected chi connectivity index (χ0v) is 22.1.